The van der Waals surface area contributed by atoms with E-state index in [1.807, 2.05) is 6.07 Å². The van der Waals surface area contributed by atoms with Gasteiger partial charge in [-0.15, -0.1) is 0 Å². The van der Waals surface area contributed by atoms with Crippen molar-refractivity contribution in [2.45, 2.75) is 6.42 Å². The van der Waals surface area contributed by atoms with Gasteiger partial charge in [0.15, 0.2) is 0 Å². The van der Waals surface area contributed by atoms with Crippen molar-refractivity contribution in [1.29, 1.82) is 0 Å². The zero-order valence-electron chi connectivity index (χ0n) is 14.0. The number of hydrogen-bond donors (Lipinski definition) is 4. The van der Waals surface area contributed by atoms with Crippen LogP contribution in [-0.2, 0) is 6.42 Å². The lowest BCUT2D eigenvalue weighted by atomic mass is 9.95. The van der Waals surface area contributed by atoms with Gasteiger partial charge in [-0.1, -0.05) is 6.07 Å². The Kier molecular flexibility index (Phi) is 3.06. The van der Waals surface area contributed by atoms with E-state index in [4.69, 9.17) is 0 Å². The fraction of sp³-hybridized carbons (Fsp3) is 0.0476. The Hall–Kier alpha value is -3.80. The van der Waals surface area contributed by atoms with E-state index in [-0.39, 0.29) is 17.1 Å². The van der Waals surface area contributed by atoms with E-state index < -0.39 is 5.97 Å². The van der Waals surface area contributed by atoms with E-state index in [2.05, 4.69) is 9.97 Å². The molecule has 132 valence electrons. The first-order chi connectivity index (χ1) is 13.0. The second kappa shape index (κ2) is 5.35. The number of nitrogens with zero attached hydrogens (tertiary/aromatic N) is 1. The van der Waals surface area contributed by atoms with E-state index in [0.29, 0.717) is 28.8 Å². The van der Waals surface area contributed by atoms with E-state index in [9.17, 15) is 20.1 Å². The summed E-state index contributed by atoms with van der Waals surface area (Å²) < 4.78 is 0. The molecule has 1 aliphatic carbocycles. The number of pyridine rings is 1. The maximum absolute atomic E-state index is 12.2. The number of aromatic amines is 1. The lowest BCUT2D eigenvalue weighted by Crippen LogP contribution is -2.05. The van der Waals surface area contributed by atoms with Gasteiger partial charge in [-0.05, 0) is 41.0 Å². The Morgan fingerprint density at radius 1 is 1.00 bits per heavy atom. The summed E-state index contributed by atoms with van der Waals surface area (Å²) in [6.45, 7) is 0. The zero-order chi connectivity index (χ0) is 18.7. The van der Waals surface area contributed by atoms with Crippen LogP contribution in [0.15, 0.2) is 48.8 Å². The lowest BCUT2D eigenvalue weighted by molar-refractivity contribution is 0.0698. The van der Waals surface area contributed by atoms with Gasteiger partial charge >= 0.3 is 5.97 Å². The molecule has 0 bridgehead atoms. The van der Waals surface area contributed by atoms with Crippen LogP contribution in [0.1, 0.15) is 21.5 Å². The van der Waals surface area contributed by atoms with Crippen molar-refractivity contribution in [3.8, 4) is 33.9 Å². The number of rotatable bonds is 2. The van der Waals surface area contributed by atoms with Crippen molar-refractivity contribution in [3.63, 3.8) is 0 Å². The van der Waals surface area contributed by atoms with Gasteiger partial charge < -0.3 is 20.3 Å². The largest absolute Gasteiger partial charge is 0.508 e. The highest BCUT2D eigenvalue weighted by Gasteiger charge is 2.29. The van der Waals surface area contributed by atoms with Crippen molar-refractivity contribution in [2.24, 2.45) is 0 Å². The average molecular weight is 358 g/mol. The van der Waals surface area contributed by atoms with Crippen molar-refractivity contribution in [3.05, 3.63) is 65.5 Å². The highest BCUT2D eigenvalue weighted by molar-refractivity contribution is 6.08. The van der Waals surface area contributed by atoms with Gasteiger partial charge in [0.2, 0.25) is 0 Å². The van der Waals surface area contributed by atoms with Crippen molar-refractivity contribution < 1.29 is 20.1 Å². The van der Waals surface area contributed by atoms with E-state index >= 15 is 0 Å². The number of carboxylic acids is 1. The van der Waals surface area contributed by atoms with Crippen molar-refractivity contribution >= 4 is 16.9 Å². The molecule has 2 heterocycles. The van der Waals surface area contributed by atoms with Crippen molar-refractivity contribution in [2.75, 3.05) is 0 Å². The predicted octanol–water partition coefficient (Wildman–Crippen LogP) is 3.91. The Balaban J connectivity index is 1.83. The number of phenolic OH excluding ortho intramolecular Hbond substituents is 2. The molecule has 0 unspecified atom stereocenters. The molecule has 27 heavy (non-hydrogen) atoms. The van der Waals surface area contributed by atoms with Gasteiger partial charge in [0.1, 0.15) is 11.5 Å². The molecule has 0 saturated carbocycles. The molecule has 6 heteroatoms. The molecule has 0 radical (unpaired) electrons. The fourth-order valence-electron chi connectivity index (χ4n) is 3.87. The molecule has 0 aliphatic heterocycles. The number of aromatic nitrogens is 2. The summed E-state index contributed by atoms with van der Waals surface area (Å²) in [6, 6.07) is 9.89. The standard InChI is InChI=1S/C21H14N2O4/c24-12-2-1-10-5-11-8-23-20(19(21(26)27)18(11)15(10)6-12)16-9-22-17-7-13(25)3-4-14(16)17/h1-4,6-9,22,24-25H,5H2,(H,26,27). The lowest BCUT2D eigenvalue weighted by Gasteiger charge is -2.11. The highest BCUT2D eigenvalue weighted by atomic mass is 16.4. The molecule has 2 aromatic heterocycles. The number of aromatic hydroxyl groups is 2. The van der Waals surface area contributed by atoms with Crippen LogP contribution in [0.25, 0.3) is 33.3 Å². The monoisotopic (exact) mass is 358 g/mol. The van der Waals surface area contributed by atoms with E-state index in [1.54, 1.807) is 42.7 Å². The number of hydrogen-bond acceptors (Lipinski definition) is 4. The molecule has 4 N–H and O–H groups in total. The summed E-state index contributed by atoms with van der Waals surface area (Å²) in [6.07, 6.45) is 3.98. The van der Waals surface area contributed by atoms with Crippen LogP contribution in [0.2, 0.25) is 0 Å². The summed E-state index contributed by atoms with van der Waals surface area (Å²) in [5.41, 5.74) is 4.94. The summed E-state index contributed by atoms with van der Waals surface area (Å²) in [4.78, 5) is 19.7. The maximum Gasteiger partial charge on any atom is 0.338 e. The summed E-state index contributed by atoms with van der Waals surface area (Å²) >= 11 is 0. The third-order valence-electron chi connectivity index (χ3n) is 5.04. The summed E-state index contributed by atoms with van der Waals surface area (Å²) in [5.74, 6) is -0.849. The maximum atomic E-state index is 12.2. The van der Waals surface area contributed by atoms with Crippen LogP contribution >= 0.6 is 0 Å². The first-order valence-electron chi connectivity index (χ1n) is 8.41. The fourth-order valence-corrected chi connectivity index (χ4v) is 3.87. The molecule has 6 nitrogen and oxygen atoms in total. The number of carbonyl (C=O) groups is 1. The summed E-state index contributed by atoms with van der Waals surface area (Å²) in [5, 5.41) is 30.3. The Labute approximate surface area is 153 Å². The molecule has 0 spiro atoms. The number of carboxylic acid groups (broad SMARTS) is 1. The number of phenols is 2. The number of nitrogens with one attached hydrogen (secondary N) is 1. The second-order valence-electron chi connectivity index (χ2n) is 6.64. The Morgan fingerprint density at radius 2 is 1.78 bits per heavy atom. The van der Waals surface area contributed by atoms with Gasteiger partial charge in [-0.2, -0.15) is 0 Å². The minimum atomic E-state index is -1.07. The number of fused-ring (bicyclic) bond motifs is 4. The van der Waals surface area contributed by atoms with Gasteiger partial charge in [-0.25, -0.2) is 4.79 Å². The number of aromatic carboxylic acids is 1. The predicted molar refractivity (Wildman–Crippen MR) is 100 cm³/mol. The third kappa shape index (κ3) is 2.20. The Bertz CT molecular complexity index is 1260. The van der Waals surface area contributed by atoms with Crippen LogP contribution in [0.5, 0.6) is 11.5 Å². The van der Waals surface area contributed by atoms with Gasteiger partial charge in [0, 0.05) is 46.9 Å². The quantitative estimate of drug-likeness (QED) is 0.383. The molecule has 0 fully saturated rings. The minimum Gasteiger partial charge on any atom is -0.508 e. The van der Waals surface area contributed by atoms with E-state index in [1.165, 1.54) is 0 Å². The highest BCUT2D eigenvalue weighted by Crippen LogP contribution is 2.44. The number of benzene rings is 2. The molecule has 0 saturated heterocycles. The zero-order valence-corrected chi connectivity index (χ0v) is 14.0. The van der Waals surface area contributed by atoms with Gasteiger partial charge in [0.05, 0.1) is 11.3 Å². The number of H-pyrrole nitrogens is 1. The van der Waals surface area contributed by atoms with Crippen LogP contribution in [0.4, 0.5) is 0 Å². The van der Waals surface area contributed by atoms with Crippen LogP contribution in [0.3, 0.4) is 0 Å². The van der Waals surface area contributed by atoms with Crippen LogP contribution in [0, 0.1) is 0 Å². The van der Waals surface area contributed by atoms with Gasteiger partial charge in [0.25, 0.3) is 0 Å². The average Bonchev–Trinajstić information content (AvgIpc) is 3.21. The SMILES string of the molecule is O=C(O)c1c(-c2c[nH]c3cc(O)ccc23)ncc2c1-c1cc(O)ccc1C2. The molecule has 4 aromatic rings. The van der Waals surface area contributed by atoms with Crippen LogP contribution in [-0.4, -0.2) is 31.3 Å². The smallest absolute Gasteiger partial charge is 0.338 e. The minimum absolute atomic E-state index is 0.0962. The first-order valence-corrected chi connectivity index (χ1v) is 8.41. The molecule has 1 aliphatic rings. The van der Waals surface area contributed by atoms with Crippen LogP contribution < -0.4 is 0 Å². The molecule has 2 aromatic carbocycles. The molecular weight excluding hydrogens is 344 g/mol. The third-order valence-corrected chi connectivity index (χ3v) is 5.04. The van der Waals surface area contributed by atoms with E-state index in [0.717, 1.165) is 22.1 Å². The molecular formula is C21H14N2O4. The van der Waals surface area contributed by atoms with Crippen molar-refractivity contribution in [1.82, 2.24) is 9.97 Å². The first kappa shape index (κ1) is 15.5. The topological polar surface area (TPSA) is 106 Å². The molecule has 5 rings (SSSR count). The summed E-state index contributed by atoms with van der Waals surface area (Å²) in [7, 11) is 0. The molecule has 0 amide bonds. The molecule has 0 atom stereocenters. The van der Waals surface area contributed by atoms with Gasteiger partial charge in [-0.3, -0.25) is 4.98 Å². The second-order valence-corrected chi connectivity index (χ2v) is 6.64. The normalized spacial score (nSPS) is 12.1. The Morgan fingerprint density at radius 3 is 2.59 bits per heavy atom.